The monoisotopic (exact) mass is 278 g/mol. The van der Waals surface area contributed by atoms with Gasteiger partial charge in [-0.3, -0.25) is 4.79 Å². The molecule has 0 bridgehead atoms. The molecule has 0 aromatic rings. The zero-order valence-electron chi connectivity index (χ0n) is 13.0. The van der Waals surface area contributed by atoms with Crippen LogP contribution in [0.5, 0.6) is 0 Å². The highest BCUT2D eigenvalue weighted by atomic mass is 16.2. The molecule has 2 unspecified atom stereocenters. The number of nitrogens with one attached hydrogen (secondary N) is 1. The molecule has 20 heavy (non-hydrogen) atoms. The predicted molar refractivity (Wildman–Crippen MR) is 81.6 cm³/mol. The minimum atomic E-state index is 0.0964. The fraction of sp³-hybridized carbons (Fsp3) is 0.941. The van der Waals surface area contributed by atoms with E-state index in [4.69, 9.17) is 0 Å². The fourth-order valence-corrected chi connectivity index (χ4v) is 4.56. The third-order valence-electron chi connectivity index (χ3n) is 5.96. The van der Waals surface area contributed by atoms with Crippen LogP contribution in [0.2, 0.25) is 0 Å². The van der Waals surface area contributed by atoms with Crippen molar-refractivity contribution in [2.24, 2.45) is 5.41 Å². The second kappa shape index (κ2) is 6.05. The maximum atomic E-state index is 12.6. The highest BCUT2D eigenvalue weighted by Gasteiger charge is 2.38. The molecule has 3 heteroatoms. The summed E-state index contributed by atoms with van der Waals surface area (Å²) >= 11 is 0. The molecule has 0 aromatic carbocycles. The molecule has 1 saturated carbocycles. The maximum absolute atomic E-state index is 12.6. The van der Waals surface area contributed by atoms with Gasteiger partial charge in [-0.2, -0.15) is 0 Å². The average molecular weight is 278 g/mol. The first-order valence-corrected chi connectivity index (χ1v) is 8.73. The summed E-state index contributed by atoms with van der Waals surface area (Å²) in [6.07, 6.45) is 13.0. The minimum Gasteiger partial charge on any atom is -0.341 e. The van der Waals surface area contributed by atoms with Gasteiger partial charge in [0.05, 0.1) is 6.04 Å². The van der Waals surface area contributed by atoms with Crippen LogP contribution in [0, 0.1) is 5.41 Å². The Balaban J connectivity index is 1.53. The summed E-state index contributed by atoms with van der Waals surface area (Å²) in [4.78, 5) is 14.8. The SMILES string of the molecule is CC1CCCC(C(=O)N2CCC3(CCCCC3)CC2)N1. The van der Waals surface area contributed by atoms with Crippen LogP contribution in [0.3, 0.4) is 0 Å². The fourth-order valence-electron chi connectivity index (χ4n) is 4.56. The van der Waals surface area contributed by atoms with Crippen molar-refractivity contribution >= 4 is 5.91 Å². The molecule has 0 radical (unpaired) electrons. The van der Waals surface area contributed by atoms with Gasteiger partial charge in [-0.25, -0.2) is 0 Å². The van der Waals surface area contributed by atoms with Gasteiger partial charge in [-0.05, 0) is 57.3 Å². The third-order valence-corrected chi connectivity index (χ3v) is 5.96. The molecule has 2 atom stereocenters. The summed E-state index contributed by atoms with van der Waals surface area (Å²) in [6, 6.07) is 0.603. The lowest BCUT2D eigenvalue weighted by atomic mass is 9.68. The lowest BCUT2D eigenvalue weighted by molar-refractivity contribution is -0.137. The van der Waals surface area contributed by atoms with Crippen molar-refractivity contribution in [2.45, 2.75) is 83.2 Å². The smallest absolute Gasteiger partial charge is 0.239 e. The van der Waals surface area contributed by atoms with Crippen LogP contribution in [0.1, 0.15) is 71.1 Å². The Morgan fingerprint density at radius 2 is 1.70 bits per heavy atom. The van der Waals surface area contributed by atoms with Crippen LogP contribution in [-0.2, 0) is 4.79 Å². The van der Waals surface area contributed by atoms with Crippen molar-refractivity contribution < 1.29 is 4.79 Å². The van der Waals surface area contributed by atoms with Crippen LogP contribution < -0.4 is 5.32 Å². The lowest BCUT2D eigenvalue weighted by Gasteiger charge is -2.45. The first-order chi connectivity index (χ1) is 9.69. The standard InChI is InChI=1S/C17H30N2O/c1-14-6-5-7-15(18-14)16(20)19-12-10-17(11-13-19)8-3-2-4-9-17/h14-15,18H,2-13H2,1H3. The minimum absolute atomic E-state index is 0.0964. The zero-order chi connectivity index (χ0) is 14.0. The zero-order valence-corrected chi connectivity index (χ0v) is 13.0. The van der Waals surface area contributed by atoms with E-state index in [1.807, 2.05) is 0 Å². The number of amides is 1. The van der Waals surface area contributed by atoms with Gasteiger partial charge in [0, 0.05) is 19.1 Å². The molecule has 3 fully saturated rings. The molecule has 2 heterocycles. The molecule has 1 N–H and O–H groups in total. The first-order valence-electron chi connectivity index (χ1n) is 8.73. The van der Waals surface area contributed by atoms with Crippen molar-refractivity contribution in [3.8, 4) is 0 Å². The van der Waals surface area contributed by atoms with E-state index in [1.165, 1.54) is 57.8 Å². The number of hydrogen-bond acceptors (Lipinski definition) is 2. The Hall–Kier alpha value is -0.570. The Kier molecular flexibility index (Phi) is 4.34. The van der Waals surface area contributed by atoms with E-state index in [0.29, 0.717) is 17.4 Å². The quantitative estimate of drug-likeness (QED) is 0.799. The number of carbonyl (C=O) groups is 1. The Morgan fingerprint density at radius 3 is 2.35 bits per heavy atom. The van der Waals surface area contributed by atoms with Gasteiger partial charge in [0.25, 0.3) is 0 Å². The molecular formula is C17H30N2O. The molecule has 1 spiro atoms. The Morgan fingerprint density at radius 1 is 1.00 bits per heavy atom. The van der Waals surface area contributed by atoms with E-state index in [0.717, 1.165) is 19.5 Å². The number of piperidine rings is 2. The van der Waals surface area contributed by atoms with Crippen molar-refractivity contribution in [2.75, 3.05) is 13.1 Å². The molecule has 3 rings (SSSR count). The first kappa shape index (κ1) is 14.4. The Labute approximate surface area is 123 Å². The molecule has 2 saturated heterocycles. The molecule has 2 aliphatic heterocycles. The van der Waals surface area contributed by atoms with E-state index in [1.54, 1.807) is 0 Å². The average Bonchev–Trinajstić information content (AvgIpc) is 2.48. The number of rotatable bonds is 1. The van der Waals surface area contributed by atoms with E-state index < -0.39 is 0 Å². The largest absolute Gasteiger partial charge is 0.341 e. The van der Waals surface area contributed by atoms with Crippen LogP contribution in [-0.4, -0.2) is 36.0 Å². The van der Waals surface area contributed by atoms with Gasteiger partial charge < -0.3 is 10.2 Å². The lowest BCUT2D eigenvalue weighted by Crippen LogP contribution is -2.54. The van der Waals surface area contributed by atoms with Crippen molar-refractivity contribution in [3.63, 3.8) is 0 Å². The second-order valence-electron chi connectivity index (χ2n) is 7.44. The third kappa shape index (κ3) is 3.03. The topological polar surface area (TPSA) is 32.3 Å². The van der Waals surface area contributed by atoms with Gasteiger partial charge in [0.1, 0.15) is 0 Å². The van der Waals surface area contributed by atoms with Crippen LogP contribution in [0.4, 0.5) is 0 Å². The normalized spacial score (nSPS) is 34.1. The van der Waals surface area contributed by atoms with Gasteiger partial charge >= 0.3 is 0 Å². The number of carbonyl (C=O) groups excluding carboxylic acids is 1. The maximum Gasteiger partial charge on any atom is 0.239 e. The number of hydrogen-bond donors (Lipinski definition) is 1. The molecule has 0 aromatic heterocycles. The predicted octanol–water partition coefficient (Wildman–Crippen LogP) is 3.09. The summed E-state index contributed by atoms with van der Waals surface area (Å²) in [5, 5.41) is 3.49. The molecular weight excluding hydrogens is 248 g/mol. The summed E-state index contributed by atoms with van der Waals surface area (Å²) < 4.78 is 0. The molecule has 1 aliphatic carbocycles. The summed E-state index contributed by atoms with van der Waals surface area (Å²) in [5.41, 5.74) is 0.600. The van der Waals surface area contributed by atoms with Crippen molar-refractivity contribution in [3.05, 3.63) is 0 Å². The number of likely N-dealkylation sites (tertiary alicyclic amines) is 1. The highest BCUT2D eigenvalue weighted by Crippen LogP contribution is 2.44. The molecule has 114 valence electrons. The summed E-state index contributed by atoms with van der Waals surface area (Å²) in [7, 11) is 0. The van der Waals surface area contributed by atoms with Crippen molar-refractivity contribution in [1.29, 1.82) is 0 Å². The van der Waals surface area contributed by atoms with Crippen LogP contribution in [0.25, 0.3) is 0 Å². The van der Waals surface area contributed by atoms with Crippen molar-refractivity contribution in [1.82, 2.24) is 10.2 Å². The van der Waals surface area contributed by atoms with Gasteiger partial charge in [-0.15, -0.1) is 0 Å². The van der Waals surface area contributed by atoms with Crippen LogP contribution in [0.15, 0.2) is 0 Å². The van der Waals surface area contributed by atoms with Gasteiger partial charge in [0.2, 0.25) is 5.91 Å². The second-order valence-corrected chi connectivity index (χ2v) is 7.44. The van der Waals surface area contributed by atoms with E-state index >= 15 is 0 Å². The van der Waals surface area contributed by atoms with Gasteiger partial charge in [-0.1, -0.05) is 19.3 Å². The summed E-state index contributed by atoms with van der Waals surface area (Å²) in [6.45, 7) is 4.21. The molecule has 3 aliphatic rings. The van der Waals surface area contributed by atoms with E-state index in [9.17, 15) is 4.79 Å². The van der Waals surface area contributed by atoms with Crippen LogP contribution >= 0.6 is 0 Å². The molecule has 3 nitrogen and oxygen atoms in total. The Bertz CT molecular complexity index is 339. The van der Waals surface area contributed by atoms with E-state index in [-0.39, 0.29) is 6.04 Å². The molecule has 1 amide bonds. The summed E-state index contributed by atoms with van der Waals surface area (Å²) in [5.74, 6) is 0.377. The van der Waals surface area contributed by atoms with Gasteiger partial charge in [0.15, 0.2) is 0 Å². The highest BCUT2D eigenvalue weighted by molar-refractivity contribution is 5.82. The van der Waals surface area contributed by atoms with E-state index in [2.05, 4.69) is 17.1 Å². The number of nitrogens with zero attached hydrogens (tertiary/aromatic N) is 1.